The molecule has 0 radical (unpaired) electrons. The van der Waals surface area contributed by atoms with Crippen molar-refractivity contribution < 1.29 is 19.3 Å². The lowest BCUT2D eigenvalue weighted by Crippen LogP contribution is -2.33. The number of aliphatic hydroxyl groups excluding tert-OH is 1. The van der Waals surface area contributed by atoms with Gasteiger partial charge in [0.1, 0.15) is 24.4 Å². The van der Waals surface area contributed by atoms with Crippen molar-refractivity contribution in [1.29, 1.82) is 0 Å². The van der Waals surface area contributed by atoms with Gasteiger partial charge in [0.05, 0.1) is 13.2 Å². The van der Waals surface area contributed by atoms with Crippen LogP contribution in [0.3, 0.4) is 0 Å². The summed E-state index contributed by atoms with van der Waals surface area (Å²) in [5.41, 5.74) is 0. The van der Waals surface area contributed by atoms with E-state index in [-0.39, 0.29) is 18.3 Å². The SMILES string of the molecule is CCCCCCCCCCCCOC1COC2C(O)CO[C@H]12. The van der Waals surface area contributed by atoms with Gasteiger partial charge >= 0.3 is 0 Å². The van der Waals surface area contributed by atoms with E-state index in [9.17, 15) is 5.11 Å². The van der Waals surface area contributed by atoms with Crippen LogP contribution in [0.2, 0.25) is 0 Å². The van der Waals surface area contributed by atoms with Crippen LogP contribution in [0.25, 0.3) is 0 Å². The Balaban J connectivity index is 1.38. The van der Waals surface area contributed by atoms with Crippen LogP contribution in [0.4, 0.5) is 0 Å². The highest BCUT2D eigenvalue weighted by Gasteiger charge is 2.47. The summed E-state index contributed by atoms with van der Waals surface area (Å²) in [4.78, 5) is 0. The van der Waals surface area contributed by atoms with Crippen molar-refractivity contribution in [3.63, 3.8) is 0 Å². The molecule has 0 spiro atoms. The monoisotopic (exact) mass is 314 g/mol. The van der Waals surface area contributed by atoms with Gasteiger partial charge in [-0.15, -0.1) is 0 Å². The van der Waals surface area contributed by atoms with Crippen molar-refractivity contribution in [3.05, 3.63) is 0 Å². The first-order valence-corrected chi connectivity index (χ1v) is 9.35. The van der Waals surface area contributed by atoms with Gasteiger partial charge < -0.3 is 19.3 Å². The normalized spacial score (nSPS) is 30.8. The topological polar surface area (TPSA) is 47.9 Å². The minimum Gasteiger partial charge on any atom is -0.388 e. The van der Waals surface area contributed by atoms with E-state index in [1.807, 2.05) is 0 Å². The molecule has 4 nitrogen and oxygen atoms in total. The van der Waals surface area contributed by atoms with Crippen molar-refractivity contribution in [2.45, 2.75) is 95.5 Å². The largest absolute Gasteiger partial charge is 0.388 e. The number of ether oxygens (including phenoxy) is 3. The fourth-order valence-electron chi connectivity index (χ4n) is 3.41. The van der Waals surface area contributed by atoms with Gasteiger partial charge in [-0.3, -0.25) is 0 Å². The van der Waals surface area contributed by atoms with Gasteiger partial charge in [0, 0.05) is 6.61 Å². The lowest BCUT2D eigenvalue weighted by molar-refractivity contribution is -0.0378. The molecular weight excluding hydrogens is 280 g/mol. The van der Waals surface area contributed by atoms with E-state index in [1.165, 1.54) is 57.8 Å². The zero-order valence-corrected chi connectivity index (χ0v) is 14.2. The molecule has 2 rings (SSSR count). The predicted octanol–water partition coefficient (Wildman–Crippen LogP) is 3.45. The molecule has 0 amide bonds. The number of fused-ring (bicyclic) bond motifs is 1. The maximum Gasteiger partial charge on any atom is 0.115 e. The molecule has 0 saturated carbocycles. The molecule has 2 heterocycles. The molecule has 0 aromatic heterocycles. The Kier molecular flexibility index (Phi) is 8.75. The number of aliphatic hydroxyl groups is 1. The standard InChI is InChI=1S/C18H34O4/c1-2-3-4-5-6-7-8-9-10-11-12-20-16-14-22-17-15(19)13-21-18(16)17/h15-19H,2-14H2,1H3/t15?,16?,17?,18-/m1/s1. The van der Waals surface area contributed by atoms with Crippen LogP contribution in [-0.2, 0) is 14.2 Å². The summed E-state index contributed by atoms with van der Waals surface area (Å²) >= 11 is 0. The van der Waals surface area contributed by atoms with Crippen molar-refractivity contribution in [2.75, 3.05) is 19.8 Å². The molecule has 4 heteroatoms. The van der Waals surface area contributed by atoms with Crippen LogP contribution in [0.15, 0.2) is 0 Å². The number of rotatable bonds is 12. The first-order valence-electron chi connectivity index (χ1n) is 9.35. The molecule has 3 unspecified atom stereocenters. The highest BCUT2D eigenvalue weighted by Crippen LogP contribution is 2.28. The second kappa shape index (κ2) is 10.6. The molecule has 130 valence electrons. The molecular formula is C18H34O4. The summed E-state index contributed by atoms with van der Waals surface area (Å²) in [6.45, 7) is 3.99. The van der Waals surface area contributed by atoms with E-state index in [1.54, 1.807) is 0 Å². The molecule has 1 N–H and O–H groups in total. The molecule has 4 atom stereocenters. The predicted molar refractivity (Wildman–Crippen MR) is 87.1 cm³/mol. The van der Waals surface area contributed by atoms with E-state index >= 15 is 0 Å². The zero-order valence-electron chi connectivity index (χ0n) is 14.2. The lowest BCUT2D eigenvalue weighted by Gasteiger charge is -2.16. The summed E-state index contributed by atoms with van der Waals surface area (Å²) < 4.78 is 17.0. The summed E-state index contributed by atoms with van der Waals surface area (Å²) in [5.74, 6) is 0. The molecule has 2 aliphatic rings. The first-order chi connectivity index (χ1) is 10.8. The van der Waals surface area contributed by atoms with Crippen molar-refractivity contribution in [1.82, 2.24) is 0 Å². The summed E-state index contributed by atoms with van der Waals surface area (Å²) in [5, 5.41) is 9.67. The van der Waals surface area contributed by atoms with E-state index in [2.05, 4.69) is 6.92 Å². The Hall–Kier alpha value is -0.160. The van der Waals surface area contributed by atoms with Gasteiger partial charge in [-0.05, 0) is 6.42 Å². The molecule has 2 fully saturated rings. The highest BCUT2D eigenvalue weighted by atomic mass is 16.6. The molecule has 22 heavy (non-hydrogen) atoms. The van der Waals surface area contributed by atoms with E-state index in [0.29, 0.717) is 13.2 Å². The quantitative estimate of drug-likeness (QED) is 0.561. The zero-order chi connectivity index (χ0) is 15.6. The van der Waals surface area contributed by atoms with Gasteiger partial charge in [-0.25, -0.2) is 0 Å². The molecule has 2 saturated heterocycles. The molecule has 2 aliphatic heterocycles. The Bertz CT molecular complexity index is 284. The summed E-state index contributed by atoms with van der Waals surface area (Å²) in [6, 6.07) is 0. The highest BCUT2D eigenvalue weighted by molar-refractivity contribution is 4.94. The van der Waals surface area contributed by atoms with Crippen molar-refractivity contribution >= 4 is 0 Å². The number of hydrogen-bond acceptors (Lipinski definition) is 4. The molecule has 0 aliphatic carbocycles. The van der Waals surface area contributed by atoms with Gasteiger partial charge in [-0.1, -0.05) is 64.7 Å². The maximum absolute atomic E-state index is 9.67. The Morgan fingerprint density at radius 3 is 2.09 bits per heavy atom. The second-order valence-electron chi connectivity index (χ2n) is 6.75. The third-order valence-electron chi connectivity index (χ3n) is 4.81. The fraction of sp³-hybridized carbons (Fsp3) is 1.00. The fourth-order valence-corrected chi connectivity index (χ4v) is 3.41. The van der Waals surface area contributed by atoms with E-state index in [4.69, 9.17) is 14.2 Å². The Morgan fingerprint density at radius 1 is 0.818 bits per heavy atom. The minimum atomic E-state index is -0.476. The maximum atomic E-state index is 9.67. The average molecular weight is 314 g/mol. The van der Waals surface area contributed by atoms with Crippen LogP contribution in [0, 0.1) is 0 Å². The van der Waals surface area contributed by atoms with E-state index < -0.39 is 6.10 Å². The van der Waals surface area contributed by atoms with Crippen LogP contribution in [0.1, 0.15) is 71.1 Å². The van der Waals surface area contributed by atoms with Gasteiger partial charge in [0.2, 0.25) is 0 Å². The second-order valence-corrected chi connectivity index (χ2v) is 6.75. The van der Waals surface area contributed by atoms with Crippen molar-refractivity contribution in [2.24, 2.45) is 0 Å². The van der Waals surface area contributed by atoms with E-state index in [0.717, 1.165) is 13.0 Å². The van der Waals surface area contributed by atoms with Gasteiger partial charge in [-0.2, -0.15) is 0 Å². The number of hydrogen-bond donors (Lipinski definition) is 1. The van der Waals surface area contributed by atoms with Crippen LogP contribution in [-0.4, -0.2) is 49.3 Å². The van der Waals surface area contributed by atoms with Crippen molar-refractivity contribution in [3.8, 4) is 0 Å². The third kappa shape index (κ3) is 5.80. The average Bonchev–Trinajstić information content (AvgIpc) is 3.09. The molecule has 0 aromatic carbocycles. The smallest absolute Gasteiger partial charge is 0.115 e. The van der Waals surface area contributed by atoms with Crippen LogP contribution >= 0.6 is 0 Å². The lowest BCUT2D eigenvalue weighted by atomic mass is 10.1. The van der Waals surface area contributed by atoms with Crippen LogP contribution in [0.5, 0.6) is 0 Å². The first kappa shape index (κ1) is 18.2. The number of unbranched alkanes of at least 4 members (excludes halogenated alkanes) is 9. The van der Waals surface area contributed by atoms with Gasteiger partial charge in [0.15, 0.2) is 0 Å². The Morgan fingerprint density at radius 2 is 1.41 bits per heavy atom. The summed E-state index contributed by atoms with van der Waals surface area (Å²) in [6.07, 6.45) is 12.7. The third-order valence-corrected chi connectivity index (χ3v) is 4.81. The Labute approximate surface area is 135 Å². The molecule has 0 aromatic rings. The van der Waals surface area contributed by atoms with Crippen LogP contribution < -0.4 is 0 Å². The molecule has 0 bridgehead atoms. The summed E-state index contributed by atoms with van der Waals surface area (Å²) in [7, 11) is 0. The minimum absolute atomic E-state index is 0.0146. The van der Waals surface area contributed by atoms with Gasteiger partial charge in [0.25, 0.3) is 0 Å².